The van der Waals surface area contributed by atoms with Gasteiger partial charge in [-0.25, -0.2) is 9.97 Å². The summed E-state index contributed by atoms with van der Waals surface area (Å²) in [6.45, 7) is 4.16. The van der Waals surface area contributed by atoms with Gasteiger partial charge in [0.05, 0.1) is 37.0 Å². The molecule has 2 saturated heterocycles. The number of rotatable bonds is 8. The summed E-state index contributed by atoms with van der Waals surface area (Å²) in [6, 6.07) is 11.8. The number of hydrogen-bond acceptors (Lipinski definition) is 9. The van der Waals surface area contributed by atoms with Crippen molar-refractivity contribution in [3.05, 3.63) is 71.5 Å². The number of pyridine rings is 2. The Labute approximate surface area is 232 Å². The van der Waals surface area contributed by atoms with Crippen molar-refractivity contribution in [1.82, 2.24) is 14.9 Å². The molecule has 2 fully saturated rings. The molecule has 1 atom stereocenters. The second kappa shape index (κ2) is 11.3. The lowest BCUT2D eigenvalue weighted by Gasteiger charge is -2.43. The molecular formula is C29H33N7O4. The predicted octanol–water partition coefficient (Wildman–Crippen LogP) is 3.18. The number of nitrogen functional groups attached to an aromatic ring is 1. The van der Waals surface area contributed by atoms with Gasteiger partial charge in [0.1, 0.15) is 17.4 Å². The first kappa shape index (κ1) is 27.1. The number of carbonyl (C=O) groups excluding carboxylic acids is 2. The Hall–Kier alpha value is -4.51. The highest BCUT2D eigenvalue weighted by molar-refractivity contribution is 6.17. The maximum Gasteiger partial charge on any atom is 0.256 e. The molecule has 0 bridgehead atoms. The van der Waals surface area contributed by atoms with E-state index in [9.17, 15) is 9.59 Å². The van der Waals surface area contributed by atoms with E-state index in [1.54, 1.807) is 62.0 Å². The number of amides is 2. The molecule has 0 aliphatic carbocycles. The smallest absolute Gasteiger partial charge is 0.256 e. The number of nitrogens with one attached hydrogen (secondary N) is 3. The molecule has 1 aromatic carbocycles. The molecule has 5 rings (SSSR count). The van der Waals surface area contributed by atoms with Gasteiger partial charge in [0.2, 0.25) is 5.91 Å². The van der Waals surface area contributed by atoms with E-state index in [-0.39, 0.29) is 29.4 Å². The monoisotopic (exact) mass is 543 g/mol. The summed E-state index contributed by atoms with van der Waals surface area (Å²) in [5, 5.41) is 15.2. The molecule has 0 saturated carbocycles. The van der Waals surface area contributed by atoms with Gasteiger partial charge < -0.3 is 30.7 Å². The topological polar surface area (TPSA) is 156 Å². The predicted molar refractivity (Wildman–Crippen MR) is 152 cm³/mol. The van der Waals surface area contributed by atoms with Crippen molar-refractivity contribution >= 4 is 34.8 Å². The lowest BCUT2D eigenvalue weighted by Crippen LogP contribution is -2.56. The number of methoxy groups -OCH3 is 1. The molecule has 2 amide bonds. The Bertz CT molecular complexity index is 1420. The van der Waals surface area contributed by atoms with E-state index < -0.39 is 5.41 Å². The first-order valence-electron chi connectivity index (χ1n) is 13.2. The Morgan fingerprint density at radius 1 is 1.12 bits per heavy atom. The molecule has 4 heterocycles. The normalized spacial score (nSPS) is 17.9. The summed E-state index contributed by atoms with van der Waals surface area (Å²) in [6.07, 6.45) is 4.92. The van der Waals surface area contributed by atoms with Crippen LogP contribution in [0.5, 0.6) is 5.75 Å². The van der Waals surface area contributed by atoms with Crippen LogP contribution in [0.15, 0.2) is 54.9 Å². The average Bonchev–Trinajstić information content (AvgIpc) is 2.95. The molecule has 11 heteroatoms. The summed E-state index contributed by atoms with van der Waals surface area (Å²) in [5.74, 6) is 0.976. The highest BCUT2D eigenvalue weighted by Crippen LogP contribution is 2.31. The Balaban J connectivity index is 1.29. The summed E-state index contributed by atoms with van der Waals surface area (Å²) >= 11 is 0. The maximum absolute atomic E-state index is 13.0. The fourth-order valence-electron chi connectivity index (χ4n) is 5.00. The van der Waals surface area contributed by atoms with Crippen molar-refractivity contribution in [2.45, 2.75) is 25.8 Å². The summed E-state index contributed by atoms with van der Waals surface area (Å²) in [4.78, 5) is 36.0. The van der Waals surface area contributed by atoms with Crippen molar-refractivity contribution in [2.75, 3.05) is 49.8 Å². The minimum Gasteiger partial charge on any atom is -0.497 e. The van der Waals surface area contributed by atoms with Crippen LogP contribution in [-0.2, 0) is 9.53 Å². The molecule has 3 aromatic rings. The van der Waals surface area contributed by atoms with Gasteiger partial charge in [-0.2, -0.15) is 0 Å². The number of carbonyl (C=O) groups is 2. The van der Waals surface area contributed by atoms with E-state index in [1.165, 1.54) is 0 Å². The van der Waals surface area contributed by atoms with Gasteiger partial charge in [0.25, 0.3) is 5.91 Å². The molecule has 2 aliphatic rings. The number of likely N-dealkylation sites (tertiary alicyclic amines) is 1. The van der Waals surface area contributed by atoms with Crippen LogP contribution >= 0.6 is 0 Å². The minimum atomic E-state index is -0.441. The van der Waals surface area contributed by atoms with Gasteiger partial charge in [-0.3, -0.25) is 15.0 Å². The average molecular weight is 544 g/mol. The van der Waals surface area contributed by atoms with Gasteiger partial charge in [0.15, 0.2) is 0 Å². The van der Waals surface area contributed by atoms with Crippen LogP contribution in [0.3, 0.4) is 0 Å². The number of aromatic nitrogens is 2. The fraction of sp³-hybridized carbons (Fsp3) is 0.345. The lowest BCUT2D eigenvalue weighted by atomic mass is 9.86. The van der Waals surface area contributed by atoms with Crippen LogP contribution in [-0.4, -0.2) is 71.8 Å². The number of piperidine rings is 1. The first-order chi connectivity index (χ1) is 19.3. The van der Waals surface area contributed by atoms with Crippen LogP contribution in [0.2, 0.25) is 0 Å². The number of anilines is 3. The fourth-order valence-corrected chi connectivity index (χ4v) is 5.00. The molecule has 2 aromatic heterocycles. The van der Waals surface area contributed by atoms with Crippen molar-refractivity contribution in [1.29, 1.82) is 5.41 Å². The third kappa shape index (κ3) is 5.59. The molecule has 0 radical (unpaired) electrons. The summed E-state index contributed by atoms with van der Waals surface area (Å²) in [5.41, 5.74) is 8.15. The van der Waals surface area contributed by atoms with Crippen LogP contribution < -0.4 is 21.1 Å². The third-order valence-corrected chi connectivity index (χ3v) is 7.30. The van der Waals surface area contributed by atoms with E-state index in [2.05, 4.69) is 20.6 Å². The first-order valence-corrected chi connectivity index (χ1v) is 13.2. The van der Waals surface area contributed by atoms with E-state index in [1.807, 2.05) is 11.8 Å². The van der Waals surface area contributed by atoms with Crippen LogP contribution in [0.1, 0.15) is 41.3 Å². The number of benzene rings is 1. The van der Waals surface area contributed by atoms with E-state index in [0.29, 0.717) is 53.7 Å². The van der Waals surface area contributed by atoms with E-state index >= 15 is 0 Å². The molecule has 0 spiro atoms. The third-order valence-electron chi connectivity index (χ3n) is 7.30. The molecule has 0 unspecified atom stereocenters. The van der Waals surface area contributed by atoms with Gasteiger partial charge in [-0.05, 0) is 44.0 Å². The lowest BCUT2D eigenvalue weighted by molar-refractivity contribution is -0.169. The number of nitrogens with zero attached hydrogens (tertiary/aromatic N) is 3. The van der Waals surface area contributed by atoms with Gasteiger partial charge in [0, 0.05) is 54.4 Å². The van der Waals surface area contributed by atoms with Gasteiger partial charge in [-0.1, -0.05) is 12.1 Å². The highest BCUT2D eigenvalue weighted by atomic mass is 16.5. The van der Waals surface area contributed by atoms with Crippen LogP contribution in [0.4, 0.5) is 17.3 Å². The number of nitrogens with two attached hydrogens (primary N) is 1. The SMILES string of the molecule is COc1ccnc(NC(=O)c2ccc(C(=N)c3c(N[C@@H]4CCCN(C(=O)C5(C)COC5)C4)ccnc3N)cc2)c1. The van der Waals surface area contributed by atoms with Crippen molar-refractivity contribution in [3.8, 4) is 5.75 Å². The standard InChI is InChI=1S/C29H33N7O4/c1-29(16-40-17-29)28(38)36-13-3-4-20(15-36)34-22-10-12-33-26(31)24(22)25(30)18-5-7-19(8-6-18)27(37)35-23-14-21(39-2)9-11-32-23/h5-12,14,20,30H,3-4,13,15-17H2,1-2H3,(H3,31,33,34)(H,32,35,37)/t20-/m1/s1. The van der Waals surface area contributed by atoms with Gasteiger partial charge >= 0.3 is 0 Å². The molecular weight excluding hydrogens is 510 g/mol. The maximum atomic E-state index is 13.0. The number of ether oxygens (including phenoxy) is 2. The van der Waals surface area contributed by atoms with Crippen LogP contribution in [0, 0.1) is 10.8 Å². The minimum absolute atomic E-state index is 0.00642. The van der Waals surface area contributed by atoms with Gasteiger partial charge in [-0.15, -0.1) is 0 Å². The van der Waals surface area contributed by atoms with Crippen molar-refractivity contribution in [3.63, 3.8) is 0 Å². The van der Waals surface area contributed by atoms with E-state index in [0.717, 1.165) is 19.4 Å². The zero-order valence-corrected chi connectivity index (χ0v) is 22.6. The van der Waals surface area contributed by atoms with Crippen LogP contribution in [0.25, 0.3) is 0 Å². The Kier molecular flexibility index (Phi) is 7.65. The summed E-state index contributed by atoms with van der Waals surface area (Å²) in [7, 11) is 1.54. The zero-order valence-electron chi connectivity index (χ0n) is 22.6. The molecule has 2 aliphatic heterocycles. The second-order valence-electron chi connectivity index (χ2n) is 10.4. The highest BCUT2D eigenvalue weighted by Gasteiger charge is 2.44. The Morgan fingerprint density at radius 3 is 2.55 bits per heavy atom. The molecule has 208 valence electrons. The second-order valence-corrected chi connectivity index (χ2v) is 10.4. The zero-order chi connectivity index (χ0) is 28.3. The summed E-state index contributed by atoms with van der Waals surface area (Å²) < 4.78 is 10.5. The molecule has 40 heavy (non-hydrogen) atoms. The number of hydrogen-bond donors (Lipinski definition) is 4. The molecule has 11 nitrogen and oxygen atoms in total. The largest absolute Gasteiger partial charge is 0.497 e. The Morgan fingerprint density at radius 2 is 1.85 bits per heavy atom. The van der Waals surface area contributed by atoms with Crippen molar-refractivity contribution in [2.24, 2.45) is 5.41 Å². The molecule has 5 N–H and O–H groups in total. The quantitative estimate of drug-likeness (QED) is 0.316. The van der Waals surface area contributed by atoms with Crippen molar-refractivity contribution < 1.29 is 19.1 Å². The van der Waals surface area contributed by atoms with E-state index in [4.69, 9.17) is 20.6 Å².